The molecule has 9 heteroatoms. The largest absolute Gasteiger partial charge is 0.332 e. The van der Waals surface area contributed by atoms with Crippen LogP contribution in [0.2, 0.25) is 0 Å². The number of amides is 1. The fourth-order valence-corrected chi connectivity index (χ4v) is 4.44. The monoisotopic (exact) mass is 444 g/mol. The Labute approximate surface area is 189 Å². The molecule has 0 radical (unpaired) electrons. The molecule has 9 nitrogen and oxygen atoms in total. The predicted octanol–water partition coefficient (Wildman–Crippen LogP) is 2.73. The third-order valence-corrected chi connectivity index (χ3v) is 6.28. The summed E-state index contributed by atoms with van der Waals surface area (Å²) in [5.74, 6) is 0.489. The van der Waals surface area contributed by atoms with Crippen LogP contribution in [0.3, 0.4) is 0 Å². The molecule has 0 unspecified atom stereocenters. The molecule has 0 aliphatic heterocycles. The number of hydrogen-bond donors (Lipinski definition) is 1. The van der Waals surface area contributed by atoms with E-state index in [1.807, 2.05) is 36.4 Å². The Hall–Kier alpha value is -4.01. The van der Waals surface area contributed by atoms with Crippen LogP contribution >= 0.6 is 0 Å². The summed E-state index contributed by atoms with van der Waals surface area (Å²) < 4.78 is 4.02. The van der Waals surface area contributed by atoms with Gasteiger partial charge in [0.2, 0.25) is 0 Å². The quantitative estimate of drug-likeness (QED) is 0.521. The highest BCUT2D eigenvalue weighted by Crippen LogP contribution is 2.35. The highest BCUT2D eigenvalue weighted by atomic mass is 16.2. The first-order valence-electron chi connectivity index (χ1n) is 11.0. The minimum absolute atomic E-state index is 0.106. The summed E-state index contributed by atoms with van der Waals surface area (Å²) in [4.78, 5) is 42.1. The summed E-state index contributed by atoms with van der Waals surface area (Å²) >= 11 is 0. The third kappa shape index (κ3) is 3.65. The number of fused-ring (bicyclic) bond motifs is 1. The molecule has 1 fully saturated rings. The van der Waals surface area contributed by atoms with Gasteiger partial charge in [-0.05, 0) is 37.1 Å². The molecule has 1 aliphatic carbocycles. The zero-order valence-electron chi connectivity index (χ0n) is 18.5. The minimum atomic E-state index is -0.499. The number of nitrogens with zero attached hydrogens (tertiary/aromatic N) is 5. The molecule has 0 bridgehead atoms. The number of nitrogens with one attached hydrogen (secondary N) is 1. The van der Waals surface area contributed by atoms with Gasteiger partial charge in [-0.15, -0.1) is 0 Å². The average Bonchev–Trinajstić information content (AvgIpc) is 3.52. The first-order chi connectivity index (χ1) is 15.9. The molecule has 3 heterocycles. The maximum absolute atomic E-state index is 13.1. The summed E-state index contributed by atoms with van der Waals surface area (Å²) in [6.07, 6.45) is 4.55. The van der Waals surface area contributed by atoms with Crippen molar-refractivity contribution < 1.29 is 4.79 Å². The molecule has 5 rings (SSSR count). The number of anilines is 1. The van der Waals surface area contributed by atoms with Gasteiger partial charge < -0.3 is 5.32 Å². The Morgan fingerprint density at radius 3 is 2.45 bits per heavy atom. The van der Waals surface area contributed by atoms with Crippen LogP contribution in [0.4, 0.5) is 5.82 Å². The number of aromatic nitrogens is 5. The lowest BCUT2D eigenvalue weighted by Gasteiger charge is -2.10. The van der Waals surface area contributed by atoms with Crippen LogP contribution in [0.1, 0.15) is 47.8 Å². The molecular formula is C24H24N6O3. The molecule has 0 spiro atoms. The third-order valence-electron chi connectivity index (χ3n) is 6.28. The zero-order valence-corrected chi connectivity index (χ0v) is 18.5. The first kappa shape index (κ1) is 20.9. The van der Waals surface area contributed by atoms with E-state index in [0.717, 1.165) is 28.8 Å². The number of aryl methyl sites for hydroxylation is 1. The van der Waals surface area contributed by atoms with Gasteiger partial charge in [-0.3, -0.25) is 18.7 Å². The van der Waals surface area contributed by atoms with Crippen molar-refractivity contribution in [3.05, 3.63) is 80.8 Å². The maximum Gasteiger partial charge on any atom is 0.332 e. The number of benzene rings is 1. The first-order valence-corrected chi connectivity index (χ1v) is 11.0. The van der Waals surface area contributed by atoms with Gasteiger partial charge in [0.25, 0.3) is 11.5 Å². The fraction of sp³-hybridized carbons (Fsp3) is 0.292. The molecule has 1 N–H and O–H groups in total. The maximum atomic E-state index is 13.1. The molecular weight excluding hydrogens is 420 g/mol. The SMILES string of the molecule is Cn1c(=O)c2ccc(C(=O)Nc3cc(C4CCCC4)nn3-c3ccccc3)nc2n(C)c1=O. The summed E-state index contributed by atoms with van der Waals surface area (Å²) in [6, 6.07) is 14.6. The number of pyridine rings is 1. The summed E-state index contributed by atoms with van der Waals surface area (Å²) in [7, 11) is 2.94. The van der Waals surface area contributed by atoms with E-state index < -0.39 is 17.2 Å². The van der Waals surface area contributed by atoms with Crippen molar-refractivity contribution in [2.24, 2.45) is 14.1 Å². The predicted molar refractivity (Wildman–Crippen MR) is 125 cm³/mol. The average molecular weight is 444 g/mol. The van der Waals surface area contributed by atoms with Crippen LogP contribution in [0.15, 0.2) is 58.1 Å². The molecule has 1 saturated carbocycles. The second kappa shape index (κ2) is 8.16. The Morgan fingerprint density at radius 2 is 1.73 bits per heavy atom. The van der Waals surface area contributed by atoms with Crippen molar-refractivity contribution >= 4 is 22.8 Å². The van der Waals surface area contributed by atoms with Crippen molar-refractivity contribution in [1.82, 2.24) is 23.9 Å². The molecule has 1 aromatic carbocycles. The van der Waals surface area contributed by atoms with Crippen molar-refractivity contribution in [2.75, 3.05) is 5.32 Å². The molecule has 168 valence electrons. The Kier molecular flexibility index (Phi) is 5.16. The van der Waals surface area contributed by atoms with E-state index in [-0.39, 0.29) is 16.7 Å². The van der Waals surface area contributed by atoms with Gasteiger partial charge in [0.1, 0.15) is 17.2 Å². The lowest BCUT2D eigenvalue weighted by Crippen LogP contribution is -2.37. The van der Waals surface area contributed by atoms with Crippen molar-refractivity contribution in [2.45, 2.75) is 31.6 Å². The topological polar surface area (TPSA) is 104 Å². The molecule has 33 heavy (non-hydrogen) atoms. The Bertz CT molecular complexity index is 1480. The van der Waals surface area contributed by atoms with Gasteiger partial charge in [-0.2, -0.15) is 5.10 Å². The van der Waals surface area contributed by atoms with E-state index in [1.165, 1.54) is 43.6 Å². The summed E-state index contributed by atoms with van der Waals surface area (Å²) in [5.41, 5.74) is 1.13. The van der Waals surface area contributed by atoms with E-state index in [9.17, 15) is 14.4 Å². The van der Waals surface area contributed by atoms with Crippen LogP contribution in [0.25, 0.3) is 16.7 Å². The van der Waals surface area contributed by atoms with Gasteiger partial charge in [0.05, 0.1) is 16.8 Å². The molecule has 1 amide bonds. The van der Waals surface area contributed by atoms with Gasteiger partial charge in [0, 0.05) is 26.1 Å². The highest BCUT2D eigenvalue weighted by Gasteiger charge is 2.23. The second-order valence-electron chi connectivity index (χ2n) is 8.41. The van der Waals surface area contributed by atoms with Crippen molar-refractivity contribution in [1.29, 1.82) is 0 Å². The minimum Gasteiger partial charge on any atom is -0.305 e. The molecule has 3 aromatic heterocycles. The standard InChI is InChI=1S/C24H24N6O3/c1-28-21-17(23(32)29(2)24(28)33)12-13-18(25-21)22(31)26-20-14-19(15-8-6-7-9-15)27-30(20)16-10-4-3-5-11-16/h3-5,10-15H,6-9H2,1-2H3,(H,26,31). The van der Waals surface area contributed by atoms with Crippen LogP contribution in [0.5, 0.6) is 0 Å². The smallest absolute Gasteiger partial charge is 0.305 e. The van der Waals surface area contributed by atoms with Crippen LogP contribution in [-0.2, 0) is 14.1 Å². The van der Waals surface area contributed by atoms with E-state index in [4.69, 9.17) is 5.10 Å². The van der Waals surface area contributed by atoms with E-state index in [0.29, 0.717) is 11.7 Å². The number of carbonyl (C=O) groups excluding carboxylic acids is 1. The molecule has 0 saturated heterocycles. The molecule has 1 aliphatic rings. The second-order valence-corrected chi connectivity index (χ2v) is 8.41. The van der Waals surface area contributed by atoms with E-state index in [1.54, 1.807) is 4.68 Å². The van der Waals surface area contributed by atoms with E-state index in [2.05, 4.69) is 10.3 Å². The summed E-state index contributed by atoms with van der Waals surface area (Å²) in [5, 5.41) is 7.99. The summed E-state index contributed by atoms with van der Waals surface area (Å²) in [6.45, 7) is 0. The van der Waals surface area contributed by atoms with Gasteiger partial charge in [-0.1, -0.05) is 31.0 Å². The van der Waals surface area contributed by atoms with Gasteiger partial charge >= 0.3 is 5.69 Å². The van der Waals surface area contributed by atoms with Crippen LogP contribution < -0.4 is 16.6 Å². The number of para-hydroxylation sites is 1. The van der Waals surface area contributed by atoms with E-state index >= 15 is 0 Å². The zero-order chi connectivity index (χ0) is 23.1. The van der Waals surface area contributed by atoms with Crippen LogP contribution in [-0.4, -0.2) is 29.8 Å². The Morgan fingerprint density at radius 1 is 1.00 bits per heavy atom. The normalized spacial score (nSPS) is 14.1. The fourth-order valence-electron chi connectivity index (χ4n) is 4.44. The van der Waals surface area contributed by atoms with Crippen molar-refractivity contribution in [3.63, 3.8) is 0 Å². The number of hydrogen-bond acceptors (Lipinski definition) is 5. The van der Waals surface area contributed by atoms with Gasteiger partial charge in [-0.25, -0.2) is 14.5 Å². The molecule has 0 atom stereocenters. The molecule has 4 aromatic rings. The Balaban J connectivity index is 1.54. The number of carbonyl (C=O) groups is 1. The lowest BCUT2D eigenvalue weighted by molar-refractivity contribution is 0.102. The lowest BCUT2D eigenvalue weighted by atomic mass is 10.0. The number of rotatable bonds is 4. The van der Waals surface area contributed by atoms with Crippen molar-refractivity contribution in [3.8, 4) is 5.69 Å². The van der Waals surface area contributed by atoms with Crippen LogP contribution in [0, 0.1) is 0 Å². The van der Waals surface area contributed by atoms with Gasteiger partial charge in [0.15, 0.2) is 0 Å². The highest BCUT2D eigenvalue weighted by molar-refractivity contribution is 6.03.